The van der Waals surface area contributed by atoms with Crippen molar-refractivity contribution in [3.8, 4) is 0 Å². The Morgan fingerprint density at radius 3 is 2.35 bits per heavy atom. The summed E-state index contributed by atoms with van der Waals surface area (Å²) in [4.78, 5) is 13.2. The molecule has 0 saturated heterocycles. The minimum absolute atomic E-state index is 0.170. The van der Waals surface area contributed by atoms with Crippen molar-refractivity contribution in [3.63, 3.8) is 0 Å². The van der Waals surface area contributed by atoms with Gasteiger partial charge in [-0.05, 0) is 56.7 Å². The van der Waals surface area contributed by atoms with Crippen LogP contribution in [0.2, 0.25) is 0 Å². The Kier molecular flexibility index (Phi) is 6.55. The summed E-state index contributed by atoms with van der Waals surface area (Å²) in [5.74, 6) is -1.01. The molecule has 5 nitrogen and oxygen atoms in total. The summed E-state index contributed by atoms with van der Waals surface area (Å²) in [6.45, 7) is 7.89. The molecule has 0 saturated carbocycles. The van der Waals surface area contributed by atoms with Gasteiger partial charge in [-0.1, -0.05) is 12.1 Å². The molecule has 0 aliphatic carbocycles. The fourth-order valence-corrected chi connectivity index (χ4v) is 2.73. The van der Waals surface area contributed by atoms with Crippen LogP contribution in [0, 0.1) is 12.1 Å². The fraction of sp³-hybridized carbons (Fsp3) is 0.238. The van der Waals surface area contributed by atoms with Gasteiger partial charge in [0.1, 0.15) is 0 Å². The summed E-state index contributed by atoms with van der Waals surface area (Å²) in [6, 6.07) is 12.6. The Hall–Kier alpha value is -3.08. The monoisotopic (exact) mass is 352 g/mol. The highest BCUT2D eigenvalue weighted by Crippen LogP contribution is 2.19. The molecule has 0 aromatic heterocycles. The van der Waals surface area contributed by atoms with Crippen LogP contribution in [0.5, 0.6) is 0 Å². The molecule has 0 heterocycles. The molecule has 0 unspecified atom stereocenters. The van der Waals surface area contributed by atoms with Crippen LogP contribution >= 0.6 is 0 Å². The maximum Gasteiger partial charge on any atom is 0.335 e. The Bertz CT molecular complexity index is 820. The molecular weight excluding hydrogens is 328 g/mol. The molecule has 0 spiro atoms. The SMILES string of the molecule is CCN(CC)c1ccc(C=CC=[N+]([O-])c2ccc(C(=O)O)cc2C)cc1. The van der Waals surface area contributed by atoms with Crippen LogP contribution in [-0.2, 0) is 0 Å². The van der Waals surface area contributed by atoms with Gasteiger partial charge in [0.15, 0.2) is 6.21 Å². The van der Waals surface area contributed by atoms with E-state index < -0.39 is 5.97 Å². The molecule has 2 aromatic rings. The van der Waals surface area contributed by atoms with E-state index >= 15 is 0 Å². The van der Waals surface area contributed by atoms with Crippen LogP contribution in [0.3, 0.4) is 0 Å². The van der Waals surface area contributed by atoms with Crippen LogP contribution < -0.4 is 4.90 Å². The molecule has 0 aliphatic rings. The molecule has 2 aromatic carbocycles. The Labute approximate surface area is 154 Å². The zero-order valence-corrected chi connectivity index (χ0v) is 15.3. The van der Waals surface area contributed by atoms with E-state index in [1.165, 1.54) is 30.1 Å². The third-order valence-corrected chi connectivity index (χ3v) is 4.21. The van der Waals surface area contributed by atoms with Gasteiger partial charge in [0, 0.05) is 36.5 Å². The van der Waals surface area contributed by atoms with Gasteiger partial charge in [-0.25, -0.2) is 4.79 Å². The molecule has 0 amide bonds. The van der Waals surface area contributed by atoms with E-state index in [0.717, 1.165) is 23.4 Å². The average molecular weight is 352 g/mol. The van der Waals surface area contributed by atoms with Crippen molar-refractivity contribution in [1.82, 2.24) is 0 Å². The first-order valence-corrected chi connectivity index (χ1v) is 8.63. The standard InChI is InChI=1S/C21H24N2O3/c1-4-22(5-2)19-11-8-17(9-12-19)7-6-14-23(26)20-13-10-18(21(24)25)15-16(20)3/h6-15H,4-5H2,1-3H3,(H,24,25). The third kappa shape index (κ3) is 4.72. The number of hydrogen-bond acceptors (Lipinski definition) is 3. The molecule has 0 atom stereocenters. The van der Waals surface area contributed by atoms with E-state index in [-0.39, 0.29) is 5.56 Å². The molecule has 0 aliphatic heterocycles. The highest BCUT2D eigenvalue weighted by atomic mass is 16.5. The largest absolute Gasteiger partial charge is 0.618 e. The van der Waals surface area contributed by atoms with Gasteiger partial charge < -0.3 is 15.2 Å². The molecule has 0 fully saturated rings. The predicted molar refractivity (Wildman–Crippen MR) is 107 cm³/mol. The lowest BCUT2D eigenvalue weighted by Gasteiger charge is -2.20. The van der Waals surface area contributed by atoms with E-state index in [4.69, 9.17) is 5.11 Å². The van der Waals surface area contributed by atoms with Crippen LogP contribution in [0.4, 0.5) is 11.4 Å². The molecule has 26 heavy (non-hydrogen) atoms. The Balaban J connectivity index is 2.12. The number of rotatable bonds is 7. The van der Waals surface area contributed by atoms with Gasteiger partial charge >= 0.3 is 5.97 Å². The van der Waals surface area contributed by atoms with Crippen molar-refractivity contribution in [3.05, 3.63) is 70.4 Å². The first-order valence-electron chi connectivity index (χ1n) is 8.63. The summed E-state index contributed by atoms with van der Waals surface area (Å²) < 4.78 is 0.738. The first kappa shape index (κ1) is 19.2. The molecule has 2 rings (SSSR count). The van der Waals surface area contributed by atoms with E-state index in [2.05, 4.69) is 30.9 Å². The number of nitrogens with zero attached hydrogens (tertiary/aromatic N) is 2. The van der Waals surface area contributed by atoms with Gasteiger partial charge in [-0.2, -0.15) is 4.74 Å². The lowest BCUT2D eigenvalue weighted by Crippen LogP contribution is -2.21. The fourth-order valence-electron chi connectivity index (χ4n) is 2.73. The van der Waals surface area contributed by atoms with E-state index in [0.29, 0.717) is 11.3 Å². The number of aryl methyl sites for hydroxylation is 1. The van der Waals surface area contributed by atoms with E-state index in [1.807, 2.05) is 18.2 Å². The number of carboxylic acids is 1. The lowest BCUT2D eigenvalue weighted by atomic mass is 10.1. The zero-order chi connectivity index (χ0) is 19.1. The summed E-state index contributed by atoms with van der Waals surface area (Å²) >= 11 is 0. The maximum atomic E-state index is 12.2. The van der Waals surface area contributed by atoms with Gasteiger partial charge in [-0.3, -0.25) is 0 Å². The van der Waals surface area contributed by atoms with Gasteiger partial charge in [0.05, 0.1) is 5.56 Å². The number of benzene rings is 2. The quantitative estimate of drug-likeness (QED) is 0.346. The molecule has 1 N–H and O–H groups in total. The number of anilines is 1. The smallest absolute Gasteiger partial charge is 0.335 e. The number of aromatic carboxylic acids is 1. The summed E-state index contributed by atoms with van der Waals surface area (Å²) in [5.41, 5.74) is 3.40. The minimum Gasteiger partial charge on any atom is -0.618 e. The van der Waals surface area contributed by atoms with Crippen molar-refractivity contribution < 1.29 is 14.6 Å². The normalized spacial score (nSPS) is 11.7. The molecule has 5 heteroatoms. The predicted octanol–water partition coefficient (Wildman–Crippen LogP) is 4.47. The number of carboxylic acid groups (broad SMARTS) is 1. The second-order valence-corrected chi connectivity index (χ2v) is 5.90. The molecule has 0 bridgehead atoms. The van der Waals surface area contributed by atoms with E-state index in [9.17, 15) is 10.0 Å². The molecule has 136 valence electrons. The Morgan fingerprint density at radius 1 is 1.15 bits per heavy atom. The summed E-state index contributed by atoms with van der Waals surface area (Å²) in [5, 5.41) is 21.2. The lowest BCUT2D eigenvalue weighted by molar-refractivity contribution is -0.354. The highest BCUT2D eigenvalue weighted by Gasteiger charge is 2.10. The maximum absolute atomic E-state index is 12.2. The van der Waals surface area contributed by atoms with Crippen molar-refractivity contribution in [2.24, 2.45) is 0 Å². The highest BCUT2D eigenvalue weighted by molar-refractivity contribution is 5.88. The zero-order valence-electron chi connectivity index (χ0n) is 15.3. The van der Waals surface area contributed by atoms with Crippen LogP contribution in [-0.4, -0.2) is 35.1 Å². The number of carbonyl (C=O) groups is 1. The molecular formula is C21H24N2O3. The summed E-state index contributed by atoms with van der Waals surface area (Å²) in [6.07, 6.45) is 4.96. The van der Waals surface area contributed by atoms with Crippen LogP contribution in [0.25, 0.3) is 6.08 Å². The van der Waals surface area contributed by atoms with Crippen LogP contribution in [0.15, 0.2) is 48.5 Å². The van der Waals surface area contributed by atoms with Gasteiger partial charge in [0.25, 0.3) is 0 Å². The van der Waals surface area contributed by atoms with E-state index in [1.54, 1.807) is 13.0 Å². The third-order valence-electron chi connectivity index (χ3n) is 4.21. The second-order valence-electron chi connectivity index (χ2n) is 5.90. The molecule has 0 radical (unpaired) electrons. The second kappa shape index (κ2) is 8.85. The van der Waals surface area contributed by atoms with Crippen molar-refractivity contribution >= 4 is 29.6 Å². The van der Waals surface area contributed by atoms with Crippen molar-refractivity contribution in [2.45, 2.75) is 20.8 Å². The topological polar surface area (TPSA) is 66.6 Å². The summed E-state index contributed by atoms with van der Waals surface area (Å²) in [7, 11) is 0. The van der Waals surface area contributed by atoms with Crippen molar-refractivity contribution in [2.75, 3.05) is 18.0 Å². The van der Waals surface area contributed by atoms with Crippen molar-refractivity contribution in [1.29, 1.82) is 0 Å². The minimum atomic E-state index is -1.01. The Morgan fingerprint density at radius 2 is 1.81 bits per heavy atom. The number of hydrogen-bond donors (Lipinski definition) is 1. The number of allylic oxidation sites excluding steroid dienone is 1. The van der Waals surface area contributed by atoms with Gasteiger partial charge in [-0.15, -0.1) is 0 Å². The van der Waals surface area contributed by atoms with Gasteiger partial charge in [0.2, 0.25) is 5.69 Å². The average Bonchev–Trinajstić information content (AvgIpc) is 2.63. The van der Waals surface area contributed by atoms with Crippen LogP contribution in [0.1, 0.15) is 35.3 Å². The first-order chi connectivity index (χ1) is 12.5.